The van der Waals surface area contributed by atoms with E-state index >= 15 is 0 Å². The molecule has 6 nitrogen and oxygen atoms in total. The van der Waals surface area contributed by atoms with Gasteiger partial charge in [0.15, 0.2) is 0 Å². The number of carboxylic acids is 1. The molecule has 6 heteroatoms. The van der Waals surface area contributed by atoms with Gasteiger partial charge >= 0.3 is 5.97 Å². The summed E-state index contributed by atoms with van der Waals surface area (Å²) >= 11 is 0. The molecule has 1 aliphatic carbocycles. The van der Waals surface area contributed by atoms with E-state index in [2.05, 4.69) is 5.10 Å². The Morgan fingerprint density at radius 1 is 1.69 bits per heavy atom. The van der Waals surface area contributed by atoms with Gasteiger partial charge in [-0.15, -0.1) is 0 Å². The fourth-order valence-corrected chi connectivity index (χ4v) is 2.06. The van der Waals surface area contributed by atoms with Crippen LogP contribution >= 0.6 is 0 Å². The third-order valence-electron chi connectivity index (χ3n) is 3.27. The molecule has 1 saturated carbocycles. The Hall–Kier alpha value is -2.03. The largest absolute Gasteiger partial charge is 0.481 e. The fraction of sp³-hybridized carbons (Fsp3) is 0.500. The Balaban J connectivity index is 2.60. The number of carbonyl (C=O) groups is 1. The van der Waals surface area contributed by atoms with E-state index in [-0.39, 0.29) is 11.4 Å². The number of aromatic nitrogens is 2. The van der Waals surface area contributed by atoms with Crippen molar-refractivity contribution < 1.29 is 9.90 Å². The van der Waals surface area contributed by atoms with Crippen molar-refractivity contribution in [2.75, 3.05) is 5.73 Å². The summed E-state index contributed by atoms with van der Waals surface area (Å²) in [5, 5.41) is 22.3. The Morgan fingerprint density at radius 2 is 2.31 bits per heavy atom. The smallest absolute Gasteiger partial charge is 0.315 e. The van der Waals surface area contributed by atoms with Gasteiger partial charge in [-0.05, 0) is 12.8 Å². The molecule has 1 aromatic rings. The topological polar surface area (TPSA) is 105 Å². The summed E-state index contributed by atoms with van der Waals surface area (Å²) in [6.07, 6.45) is 1.88. The molecule has 0 amide bonds. The molecule has 1 aromatic heterocycles. The molecule has 0 bridgehead atoms. The molecule has 2 rings (SSSR count). The SMILES string of the molecule is Cn1nc(C2(C(=O)O)CCC2)c(C#N)c1N. The first-order valence-electron chi connectivity index (χ1n) is 4.99. The van der Waals surface area contributed by atoms with Gasteiger partial charge < -0.3 is 10.8 Å². The van der Waals surface area contributed by atoms with Crippen molar-refractivity contribution in [3.8, 4) is 6.07 Å². The lowest BCUT2D eigenvalue weighted by Gasteiger charge is -2.36. The molecule has 0 atom stereocenters. The maximum absolute atomic E-state index is 11.3. The summed E-state index contributed by atoms with van der Waals surface area (Å²) in [6.45, 7) is 0. The minimum absolute atomic E-state index is 0.199. The van der Waals surface area contributed by atoms with Crippen LogP contribution in [0, 0.1) is 11.3 Å². The highest BCUT2D eigenvalue weighted by Crippen LogP contribution is 2.45. The van der Waals surface area contributed by atoms with Crippen LogP contribution in [0.3, 0.4) is 0 Å². The highest BCUT2D eigenvalue weighted by atomic mass is 16.4. The van der Waals surface area contributed by atoms with Crippen LogP contribution in [0.25, 0.3) is 0 Å². The predicted octanol–water partition coefficient (Wildman–Crippen LogP) is 0.380. The van der Waals surface area contributed by atoms with Crippen LogP contribution in [0.2, 0.25) is 0 Å². The van der Waals surface area contributed by atoms with Gasteiger partial charge in [-0.3, -0.25) is 9.48 Å². The predicted molar refractivity (Wildman–Crippen MR) is 55.5 cm³/mol. The number of hydrogen-bond acceptors (Lipinski definition) is 4. The van der Waals surface area contributed by atoms with Gasteiger partial charge in [-0.2, -0.15) is 10.4 Å². The van der Waals surface area contributed by atoms with E-state index in [1.807, 2.05) is 6.07 Å². The second kappa shape index (κ2) is 3.23. The Kier molecular flexibility index (Phi) is 2.12. The van der Waals surface area contributed by atoms with Crippen molar-refractivity contribution in [3.05, 3.63) is 11.3 Å². The van der Waals surface area contributed by atoms with Crippen molar-refractivity contribution in [1.29, 1.82) is 5.26 Å². The molecule has 1 fully saturated rings. The van der Waals surface area contributed by atoms with Crippen molar-refractivity contribution in [3.63, 3.8) is 0 Å². The maximum atomic E-state index is 11.3. The van der Waals surface area contributed by atoms with E-state index in [4.69, 9.17) is 11.0 Å². The van der Waals surface area contributed by atoms with Crippen LogP contribution in [-0.2, 0) is 17.3 Å². The van der Waals surface area contributed by atoms with Crippen molar-refractivity contribution in [2.24, 2.45) is 7.05 Å². The van der Waals surface area contributed by atoms with Crippen LogP contribution in [-0.4, -0.2) is 20.9 Å². The summed E-state index contributed by atoms with van der Waals surface area (Å²) in [5.41, 5.74) is 5.19. The molecule has 0 aromatic carbocycles. The first-order chi connectivity index (χ1) is 7.53. The highest BCUT2D eigenvalue weighted by molar-refractivity contribution is 5.83. The quantitative estimate of drug-likeness (QED) is 0.749. The Morgan fingerprint density at radius 3 is 2.69 bits per heavy atom. The number of anilines is 1. The average Bonchev–Trinajstić information content (AvgIpc) is 2.41. The normalized spacial score (nSPS) is 17.5. The number of nitriles is 1. The lowest BCUT2D eigenvalue weighted by molar-refractivity contribution is -0.147. The van der Waals surface area contributed by atoms with Gasteiger partial charge in [0.25, 0.3) is 0 Å². The number of aliphatic carboxylic acids is 1. The van der Waals surface area contributed by atoms with Crippen LogP contribution in [0.1, 0.15) is 30.5 Å². The van der Waals surface area contributed by atoms with Crippen LogP contribution in [0.15, 0.2) is 0 Å². The molecule has 0 radical (unpaired) electrons. The van der Waals surface area contributed by atoms with E-state index in [0.29, 0.717) is 18.5 Å². The summed E-state index contributed by atoms with van der Waals surface area (Å²) in [7, 11) is 1.61. The monoisotopic (exact) mass is 220 g/mol. The van der Waals surface area contributed by atoms with Gasteiger partial charge in [0, 0.05) is 7.05 Å². The van der Waals surface area contributed by atoms with Crippen LogP contribution < -0.4 is 5.73 Å². The molecule has 0 saturated heterocycles. The molecule has 1 heterocycles. The molecule has 1 aliphatic rings. The van der Waals surface area contributed by atoms with E-state index in [1.165, 1.54) is 4.68 Å². The molecule has 0 aliphatic heterocycles. The van der Waals surface area contributed by atoms with Crippen molar-refractivity contribution in [2.45, 2.75) is 24.7 Å². The van der Waals surface area contributed by atoms with Crippen molar-refractivity contribution in [1.82, 2.24) is 9.78 Å². The molecular formula is C10H12N4O2. The summed E-state index contributed by atoms with van der Waals surface area (Å²) in [5.74, 6) is -0.696. The lowest BCUT2D eigenvalue weighted by atomic mass is 9.66. The molecular weight excluding hydrogens is 208 g/mol. The lowest BCUT2D eigenvalue weighted by Crippen LogP contribution is -2.43. The minimum Gasteiger partial charge on any atom is -0.481 e. The third-order valence-corrected chi connectivity index (χ3v) is 3.27. The third kappa shape index (κ3) is 1.11. The Bertz CT molecular complexity index is 494. The molecule has 16 heavy (non-hydrogen) atoms. The molecule has 0 unspecified atom stereocenters. The van der Waals surface area contributed by atoms with Gasteiger partial charge in [-0.25, -0.2) is 0 Å². The maximum Gasteiger partial charge on any atom is 0.315 e. The number of aryl methyl sites for hydroxylation is 1. The number of rotatable bonds is 2. The van der Waals surface area contributed by atoms with Gasteiger partial charge in [-0.1, -0.05) is 6.42 Å². The van der Waals surface area contributed by atoms with Gasteiger partial charge in [0.1, 0.15) is 22.9 Å². The first-order valence-corrected chi connectivity index (χ1v) is 4.99. The number of nitrogens with zero attached hydrogens (tertiary/aromatic N) is 3. The van der Waals surface area contributed by atoms with Gasteiger partial charge in [0.2, 0.25) is 0 Å². The summed E-state index contributed by atoms with van der Waals surface area (Å²) in [4.78, 5) is 11.3. The average molecular weight is 220 g/mol. The zero-order valence-electron chi connectivity index (χ0n) is 8.90. The Labute approximate surface area is 92.3 Å². The molecule has 84 valence electrons. The number of nitrogen functional groups attached to an aromatic ring is 1. The first kappa shape index (κ1) is 10.5. The zero-order chi connectivity index (χ0) is 11.9. The van der Waals surface area contributed by atoms with E-state index in [0.717, 1.165) is 6.42 Å². The minimum atomic E-state index is -1.000. The number of carboxylic acid groups (broad SMARTS) is 1. The van der Waals surface area contributed by atoms with Gasteiger partial charge in [0.05, 0.1) is 5.69 Å². The van der Waals surface area contributed by atoms with E-state index in [1.54, 1.807) is 7.05 Å². The van der Waals surface area contributed by atoms with Crippen molar-refractivity contribution >= 4 is 11.8 Å². The second-order valence-corrected chi connectivity index (χ2v) is 4.09. The number of nitrogens with two attached hydrogens (primary N) is 1. The number of hydrogen-bond donors (Lipinski definition) is 2. The van der Waals surface area contributed by atoms with E-state index in [9.17, 15) is 9.90 Å². The summed E-state index contributed by atoms with van der Waals surface area (Å²) in [6, 6.07) is 1.94. The second-order valence-electron chi connectivity index (χ2n) is 4.09. The molecule has 3 N–H and O–H groups in total. The summed E-state index contributed by atoms with van der Waals surface area (Å²) < 4.78 is 1.36. The van der Waals surface area contributed by atoms with Crippen LogP contribution in [0.4, 0.5) is 5.82 Å². The fourth-order valence-electron chi connectivity index (χ4n) is 2.06. The molecule has 0 spiro atoms. The highest BCUT2D eigenvalue weighted by Gasteiger charge is 2.50. The van der Waals surface area contributed by atoms with Crippen LogP contribution in [0.5, 0.6) is 0 Å². The zero-order valence-corrected chi connectivity index (χ0v) is 8.90. The van der Waals surface area contributed by atoms with E-state index < -0.39 is 11.4 Å². The standard InChI is InChI=1S/C10H12N4O2/c1-14-8(12)6(5-11)7(13-14)10(9(15)16)3-2-4-10/h2-4,12H2,1H3,(H,15,16).